The molecule has 1 atom stereocenters. The van der Waals surface area contributed by atoms with E-state index in [9.17, 15) is 14.7 Å². The summed E-state index contributed by atoms with van der Waals surface area (Å²) in [6.45, 7) is 0.0615. The maximum atomic E-state index is 11.8. The first-order valence-corrected chi connectivity index (χ1v) is 7.93. The Morgan fingerprint density at radius 1 is 0.833 bits per heavy atom. The molecule has 0 aromatic heterocycles. The van der Waals surface area contributed by atoms with E-state index in [1.807, 2.05) is 60.7 Å². The van der Waals surface area contributed by atoms with Crippen molar-refractivity contribution >= 4 is 11.8 Å². The predicted molar refractivity (Wildman–Crippen MR) is 92.3 cm³/mol. The van der Waals surface area contributed by atoms with Gasteiger partial charge in [-0.2, -0.15) is 0 Å². The number of aliphatic hydroxyl groups excluding tert-OH is 1. The fraction of sp³-hybridized carbons (Fsp3) is 0.263. The third kappa shape index (κ3) is 6.62. The number of hydrogen-bond donors (Lipinski definition) is 3. The number of hydrogen-bond acceptors (Lipinski definition) is 3. The van der Waals surface area contributed by atoms with Crippen LogP contribution in [0.5, 0.6) is 0 Å². The van der Waals surface area contributed by atoms with Crippen molar-refractivity contribution in [2.75, 3.05) is 13.1 Å². The minimum Gasteiger partial charge on any atom is -0.391 e. The first-order chi connectivity index (χ1) is 11.6. The minimum absolute atomic E-state index is 0.0935. The van der Waals surface area contributed by atoms with Crippen LogP contribution in [0.3, 0.4) is 0 Å². The molecule has 0 radical (unpaired) electrons. The molecule has 2 rings (SSSR count). The molecule has 1 unspecified atom stereocenters. The van der Waals surface area contributed by atoms with Crippen molar-refractivity contribution in [3.8, 4) is 0 Å². The van der Waals surface area contributed by atoms with Gasteiger partial charge in [-0.25, -0.2) is 0 Å². The van der Waals surface area contributed by atoms with Crippen LogP contribution in [0.1, 0.15) is 11.1 Å². The van der Waals surface area contributed by atoms with E-state index in [0.29, 0.717) is 6.42 Å². The predicted octanol–water partition coefficient (Wildman–Crippen LogP) is 1.07. The van der Waals surface area contributed by atoms with Crippen molar-refractivity contribution < 1.29 is 14.7 Å². The fourth-order valence-electron chi connectivity index (χ4n) is 2.28. The molecule has 3 N–H and O–H groups in total. The minimum atomic E-state index is -0.656. The van der Waals surface area contributed by atoms with Crippen LogP contribution < -0.4 is 10.6 Å². The molecule has 0 bridgehead atoms. The number of nitrogens with one attached hydrogen (secondary N) is 2. The Kier molecular flexibility index (Phi) is 6.98. The van der Waals surface area contributed by atoms with E-state index >= 15 is 0 Å². The zero-order valence-electron chi connectivity index (χ0n) is 13.4. The van der Waals surface area contributed by atoms with Gasteiger partial charge in [-0.05, 0) is 11.1 Å². The van der Waals surface area contributed by atoms with Crippen molar-refractivity contribution in [2.24, 2.45) is 0 Å². The van der Waals surface area contributed by atoms with Gasteiger partial charge in [0.1, 0.15) is 0 Å². The summed E-state index contributed by atoms with van der Waals surface area (Å²) in [7, 11) is 0. The summed E-state index contributed by atoms with van der Waals surface area (Å²) in [6, 6.07) is 18.9. The summed E-state index contributed by atoms with van der Waals surface area (Å²) in [4.78, 5) is 23.5. The molecule has 5 nitrogen and oxygen atoms in total. The van der Waals surface area contributed by atoms with E-state index in [-0.39, 0.29) is 31.3 Å². The second-order valence-electron chi connectivity index (χ2n) is 5.59. The van der Waals surface area contributed by atoms with Crippen LogP contribution in [0, 0.1) is 0 Å². The monoisotopic (exact) mass is 326 g/mol. The maximum absolute atomic E-state index is 11.8. The molecule has 0 saturated heterocycles. The van der Waals surface area contributed by atoms with Gasteiger partial charge in [0.2, 0.25) is 11.8 Å². The van der Waals surface area contributed by atoms with Crippen LogP contribution in [-0.4, -0.2) is 36.1 Å². The molecule has 0 fully saturated rings. The van der Waals surface area contributed by atoms with Crippen molar-refractivity contribution in [3.63, 3.8) is 0 Å². The fourth-order valence-corrected chi connectivity index (χ4v) is 2.28. The van der Waals surface area contributed by atoms with Crippen LogP contribution in [0.2, 0.25) is 0 Å². The van der Waals surface area contributed by atoms with Crippen LogP contribution in [0.4, 0.5) is 0 Å². The van der Waals surface area contributed by atoms with Gasteiger partial charge in [-0.15, -0.1) is 0 Å². The lowest BCUT2D eigenvalue weighted by molar-refractivity contribution is -0.125. The molecule has 0 aliphatic heterocycles. The molecule has 24 heavy (non-hydrogen) atoms. The Bertz CT molecular complexity index is 644. The molecule has 0 aliphatic carbocycles. The molecular weight excluding hydrogens is 304 g/mol. The summed E-state index contributed by atoms with van der Waals surface area (Å²) in [5.74, 6) is -0.523. The number of rotatable bonds is 8. The Hall–Kier alpha value is -2.66. The van der Waals surface area contributed by atoms with Crippen LogP contribution in [0.25, 0.3) is 0 Å². The number of carbonyl (C=O) groups excluding carboxylic acids is 2. The molecule has 2 aromatic carbocycles. The largest absolute Gasteiger partial charge is 0.391 e. The molecule has 126 valence electrons. The molecule has 0 aliphatic rings. The quantitative estimate of drug-likeness (QED) is 0.679. The van der Waals surface area contributed by atoms with Gasteiger partial charge in [0.25, 0.3) is 0 Å². The SMILES string of the molecule is O=C(CNC(=O)Cc1ccccc1)NCC(O)Cc1ccccc1. The highest BCUT2D eigenvalue weighted by Gasteiger charge is 2.09. The highest BCUT2D eigenvalue weighted by molar-refractivity contribution is 5.85. The van der Waals surface area contributed by atoms with Gasteiger partial charge in [0.15, 0.2) is 0 Å². The zero-order chi connectivity index (χ0) is 17.2. The highest BCUT2D eigenvalue weighted by atomic mass is 16.3. The van der Waals surface area contributed by atoms with Crippen LogP contribution in [0.15, 0.2) is 60.7 Å². The zero-order valence-corrected chi connectivity index (χ0v) is 13.4. The summed E-state index contributed by atoms with van der Waals surface area (Å²) >= 11 is 0. The molecule has 5 heteroatoms. The number of aliphatic hydroxyl groups is 1. The van der Waals surface area contributed by atoms with Gasteiger partial charge < -0.3 is 15.7 Å². The van der Waals surface area contributed by atoms with Gasteiger partial charge in [-0.1, -0.05) is 60.7 Å². The number of amides is 2. The molecule has 0 heterocycles. The summed E-state index contributed by atoms with van der Waals surface area (Å²) in [5.41, 5.74) is 1.91. The van der Waals surface area contributed by atoms with E-state index < -0.39 is 6.10 Å². The van der Waals surface area contributed by atoms with Crippen LogP contribution >= 0.6 is 0 Å². The lowest BCUT2D eigenvalue weighted by Crippen LogP contribution is -2.40. The maximum Gasteiger partial charge on any atom is 0.239 e. The molecule has 0 spiro atoms. The summed E-state index contributed by atoms with van der Waals surface area (Å²) in [6.07, 6.45) is 0.0584. The second kappa shape index (κ2) is 9.47. The second-order valence-corrected chi connectivity index (χ2v) is 5.59. The third-order valence-corrected chi connectivity index (χ3v) is 3.50. The number of carbonyl (C=O) groups is 2. The topological polar surface area (TPSA) is 78.4 Å². The molecule has 2 aromatic rings. The van der Waals surface area contributed by atoms with Crippen molar-refractivity contribution in [1.29, 1.82) is 0 Å². The first-order valence-electron chi connectivity index (χ1n) is 7.93. The van der Waals surface area contributed by atoms with E-state index in [4.69, 9.17) is 0 Å². The molecular formula is C19H22N2O3. The normalized spacial score (nSPS) is 11.5. The van der Waals surface area contributed by atoms with Gasteiger partial charge in [0, 0.05) is 13.0 Å². The Morgan fingerprint density at radius 2 is 1.42 bits per heavy atom. The molecule has 0 saturated carbocycles. The Balaban J connectivity index is 1.63. The lowest BCUT2D eigenvalue weighted by Gasteiger charge is -2.12. The van der Waals surface area contributed by atoms with Crippen molar-refractivity contribution in [3.05, 3.63) is 71.8 Å². The van der Waals surface area contributed by atoms with Gasteiger partial charge in [0.05, 0.1) is 19.1 Å². The summed E-state index contributed by atoms with van der Waals surface area (Å²) in [5, 5.41) is 15.1. The average molecular weight is 326 g/mol. The average Bonchev–Trinajstić information content (AvgIpc) is 2.60. The van der Waals surface area contributed by atoms with E-state index in [2.05, 4.69) is 10.6 Å². The molecule has 2 amide bonds. The van der Waals surface area contributed by atoms with E-state index in [1.54, 1.807) is 0 Å². The standard InChI is InChI=1S/C19H22N2O3/c22-17(11-15-7-3-1-4-8-15)13-20-19(24)14-21-18(23)12-16-9-5-2-6-10-16/h1-10,17,22H,11-14H2,(H,20,24)(H,21,23). The van der Waals surface area contributed by atoms with E-state index in [1.165, 1.54) is 0 Å². The number of benzene rings is 2. The first kappa shape index (κ1) is 17.7. The van der Waals surface area contributed by atoms with E-state index in [0.717, 1.165) is 11.1 Å². The van der Waals surface area contributed by atoms with Gasteiger partial charge in [-0.3, -0.25) is 9.59 Å². The van der Waals surface area contributed by atoms with Crippen molar-refractivity contribution in [2.45, 2.75) is 18.9 Å². The Labute approximate surface area is 141 Å². The Morgan fingerprint density at radius 3 is 2.04 bits per heavy atom. The van der Waals surface area contributed by atoms with Crippen LogP contribution in [-0.2, 0) is 22.4 Å². The summed E-state index contributed by atoms with van der Waals surface area (Å²) < 4.78 is 0. The smallest absolute Gasteiger partial charge is 0.239 e. The highest BCUT2D eigenvalue weighted by Crippen LogP contribution is 2.02. The van der Waals surface area contributed by atoms with Gasteiger partial charge >= 0.3 is 0 Å². The van der Waals surface area contributed by atoms with Crippen molar-refractivity contribution in [1.82, 2.24) is 10.6 Å². The third-order valence-electron chi connectivity index (χ3n) is 3.50. The lowest BCUT2D eigenvalue weighted by atomic mass is 10.1.